The van der Waals surface area contributed by atoms with Crippen LogP contribution in [0.2, 0.25) is 0 Å². The van der Waals surface area contributed by atoms with Crippen molar-refractivity contribution in [3.8, 4) is 0 Å². The van der Waals surface area contributed by atoms with Crippen molar-refractivity contribution in [1.29, 1.82) is 0 Å². The Morgan fingerprint density at radius 1 is 1.05 bits per heavy atom. The van der Waals surface area contributed by atoms with Gasteiger partial charge < -0.3 is 5.32 Å². The van der Waals surface area contributed by atoms with E-state index in [1.807, 2.05) is 0 Å². The lowest BCUT2D eigenvalue weighted by atomic mass is 9.87. The first kappa shape index (κ1) is 14.0. The molecule has 2 aliphatic rings. The Labute approximate surface area is 119 Å². The lowest BCUT2D eigenvalue weighted by molar-refractivity contribution is 0.313. The molecule has 3 heteroatoms. The molecule has 1 aromatic rings. The predicted octanol–water partition coefficient (Wildman–Crippen LogP) is 4.36. The Hall–Kier alpha value is -0.960. The summed E-state index contributed by atoms with van der Waals surface area (Å²) in [5.41, 5.74) is 1.17. The number of rotatable bonds is 4. The smallest absolute Gasteiger partial charge is 0.130 e. The van der Waals surface area contributed by atoms with Crippen molar-refractivity contribution in [2.24, 2.45) is 17.8 Å². The van der Waals surface area contributed by atoms with Crippen LogP contribution in [0.3, 0.4) is 0 Å². The van der Waals surface area contributed by atoms with Crippen LogP contribution in [0.4, 0.5) is 8.78 Å². The lowest BCUT2D eigenvalue weighted by Crippen LogP contribution is -2.33. The second-order valence-electron chi connectivity index (χ2n) is 6.91. The van der Waals surface area contributed by atoms with Crippen molar-refractivity contribution in [1.82, 2.24) is 5.32 Å². The number of fused-ring (bicyclic) bond motifs is 1. The molecule has 110 valence electrons. The normalized spacial score (nSPS) is 29.6. The van der Waals surface area contributed by atoms with Gasteiger partial charge in [0, 0.05) is 23.7 Å². The van der Waals surface area contributed by atoms with Crippen molar-refractivity contribution in [2.75, 3.05) is 0 Å². The Balaban J connectivity index is 1.90. The van der Waals surface area contributed by atoms with Gasteiger partial charge in [-0.1, -0.05) is 13.8 Å². The zero-order valence-corrected chi connectivity index (χ0v) is 12.4. The second-order valence-corrected chi connectivity index (χ2v) is 6.91. The maximum Gasteiger partial charge on any atom is 0.130 e. The van der Waals surface area contributed by atoms with Gasteiger partial charge in [-0.05, 0) is 55.6 Å². The molecule has 2 saturated carbocycles. The highest BCUT2D eigenvalue weighted by Gasteiger charge is 2.48. The number of benzene rings is 1. The van der Waals surface area contributed by atoms with E-state index in [1.165, 1.54) is 19.3 Å². The van der Waals surface area contributed by atoms with E-state index in [1.54, 1.807) is 13.0 Å². The maximum atomic E-state index is 14.2. The van der Waals surface area contributed by atoms with E-state index in [-0.39, 0.29) is 6.04 Å². The van der Waals surface area contributed by atoms with E-state index in [2.05, 4.69) is 19.2 Å². The molecule has 0 bridgehead atoms. The van der Waals surface area contributed by atoms with Crippen molar-refractivity contribution < 1.29 is 8.78 Å². The van der Waals surface area contributed by atoms with Crippen molar-refractivity contribution in [3.63, 3.8) is 0 Å². The molecule has 0 aliphatic heterocycles. The topological polar surface area (TPSA) is 12.0 Å². The fourth-order valence-electron chi connectivity index (χ4n) is 3.79. The first-order valence-electron chi connectivity index (χ1n) is 7.67. The van der Waals surface area contributed by atoms with Crippen LogP contribution >= 0.6 is 0 Å². The van der Waals surface area contributed by atoms with Crippen LogP contribution in [0.25, 0.3) is 0 Å². The van der Waals surface area contributed by atoms with Gasteiger partial charge in [-0.2, -0.15) is 0 Å². The first-order valence-corrected chi connectivity index (χ1v) is 7.67. The first-order chi connectivity index (χ1) is 9.45. The third-order valence-electron chi connectivity index (χ3n) is 4.88. The summed E-state index contributed by atoms with van der Waals surface area (Å²) in [6.45, 7) is 5.87. The van der Waals surface area contributed by atoms with Crippen molar-refractivity contribution in [3.05, 3.63) is 34.9 Å². The maximum absolute atomic E-state index is 14.2. The zero-order chi connectivity index (χ0) is 14.4. The second kappa shape index (κ2) is 5.10. The van der Waals surface area contributed by atoms with Crippen LogP contribution < -0.4 is 5.32 Å². The van der Waals surface area contributed by atoms with Gasteiger partial charge in [0.25, 0.3) is 0 Å². The molecule has 3 unspecified atom stereocenters. The highest BCUT2D eigenvalue weighted by Crippen LogP contribution is 2.57. The lowest BCUT2D eigenvalue weighted by Gasteiger charge is -2.29. The molecule has 1 N–H and O–H groups in total. The number of aryl methyl sites for hydroxylation is 1. The molecule has 2 aliphatic carbocycles. The van der Waals surface area contributed by atoms with Gasteiger partial charge in [0.2, 0.25) is 0 Å². The fraction of sp³-hybridized carbons (Fsp3) is 0.647. The molecule has 3 atom stereocenters. The van der Waals surface area contributed by atoms with Crippen LogP contribution in [0.5, 0.6) is 0 Å². The number of halogens is 2. The molecular formula is C17H23F2N. The number of nitrogens with one attached hydrogen (secondary N) is 1. The summed E-state index contributed by atoms with van der Waals surface area (Å²) >= 11 is 0. The monoisotopic (exact) mass is 279 g/mol. The Kier molecular flexibility index (Phi) is 3.57. The predicted molar refractivity (Wildman–Crippen MR) is 76.4 cm³/mol. The number of hydrogen-bond acceptors (Lipinski definition) is 1. The van der Waals surface area contributed by atoms with Gasteiger partial charge in [0.1, 0.15) is 11.6 Å². The largest absolute Gasteiger partial charge is 0.307 e. The van der Waals surface area contributed by atoms with Crippen LogP contribution in [0.15, 0.2) is 12.1 Å². The van der Waals surface area contributed by atoms with E-state index in [4.69, 9.17) is 0 Å². The minimum atomic E-state index is -0.455. The minimum absolute atomic E-state index is 0.0158. The fourth-order valence-corrected chi connectivity index (χ4v) is 3.79. The highest BCUT2D eigenvalue weighted by atomic mass is 19.1. The molecule has 1 nitrogen and oxygen atoms in total. The van der Waals surface area contributed by atoms with Crippen LogP contribution in [0.1, 0.15) is 50.3 Å². The molecule has 0 radical (unpaired) electrons. The molecular weight excluding hydrogens is 256 g/mol. The summed E-state index contributed by atoms with van der Waals surface area (Å²) in [6, 6.07) is 3.04. The Morgan fingerprint density at radius 3 is 2.30 bits per heavy atom. The van der Waals surface area contributed by atoms with E-state index in [0.29, 0.717) is 23.1 Å². The molecule has 2 fully saturated rings. The molecule has 1 aromatic carbocycles. The van der Waals surface area contributed by atoms with Gasteiger partial charge in [-0.15, -0.1) is 0 Å². The zero-order valence-electron chi connectivity index (χ0n) is 12.4. The Morgan fingerprint density at radius 2 is 1.70 bits per heavy atom. The highest BCUT2D eigenvalue weighted by molar-refractivity contribution is 5.29. The Bertz CT molecular complexity index is 502. The molecule has 0 amide bonds. The molecule has 0 saturated heterocycles. The van der Waals surface area contributed by atoms with Gasteiger partial charge in [-0.3, -0.25) is 0 Å². The summed E-state index contributed by atoms with van der Waals surface area (Å²) < 4.78 is 27.7. The van der Waals surface area contributed by atoms with E-state index in [0.717, 1.165) is 17.9 Å². The summed E-state index contributed by atoms with van der Waals surface area (Å²) in [6.07, 6.45) is 3.73. The van der Waals surface area contributed by atoms with Gasteiger partial charge in [-0.25, -0.2) is 8.78 Å². The third kappa shape index (κ3) is 2.60. The van der Waals surface area contributed by atoms with Gasteiger partial charge in [0.05, 0.1) is 0 Å². The summed E-state index contributed by atoms with van der Waals surface area (Å²) in [7, 11) is 0. The van der Waals surface area contributed by atoms with Gasteiger partial charge >= 0.3 is 0 Å². The van der Waals surface area contributed by atoms with Crippen molar-refractivity contribution >= 4 is 0 Å². The van der Waals surface area contributed by atoms with Crippen LogP contribution in [-0.2, 0) is 0 Å². The summed E-state index contributed by atoms with van der Waals surface area (Å²) in [4.78, 5) is 0. The standard InChI is InChI=1S/C17H23F2N/c1-9(2)20-17(13-6-11-5-12(11)7-13)14-4-10(3)15(18)8-16(14)19/h4,8-9,11-13,17,20H,5-7H2,1-3H3. The molecule has 0 aromatic heterocycles. The number of hydrogen-bond donors (Lipinski definition) is 1. The molecule has 3 rings (SSSR count). The van der Waals surface area contributed by atoms with E-state index >= 15 is 0 Å². The molecule has 20 heavy (non-hydrogen) atoms. The van der Waals surface area contributed by atoms with Crippen molar-refractivity contribution in [2.45, 2.75) is 52.1 Å². The van der Waals surface area contributed by atoms with E-state index < -0.39 is 11.6 Å². The quantitative estimate of drug-likeness (QED) is 0.863. The minimum Gasteiger partial charge on any atom is -0.307 e. The molecule has 0 spiro atoms. The molecule has 0 heterocycles. The van der Waals surface area contributed by atoms with Crippen LogP contribution in [0, 0.1) is 36.3 Å². The van der Waals surface area contributed by atoms with E-state index in [9.17, 15) is 8.78 Å². The SMILES string of the molecule is Cc1cc(C(NC(C)C)C2CC3CC3C2)c(F)cc1F. The van der Waals surface area contributed by atoms with Crippen LogP contribution in [-0.4, -0.2) is 6.04 Å². The third-order valence-corrected chi connectivity index (χ3v) is 4.88. The summed E-state index contributed by atoms with van der Waals surface area (Å²) in [5.74, 6) is 1.35. The average molecular weight is 279 g/mol. The summed E-state index contributed by atoms with van der Waals surface area (Å²) in [5, 5.41) is 3.50. The van der Waals surface area contributed by atoms with Gasteiger partial charge in [0.15, 0.2) is 0 Å². The average Bonchev–Trinajstić information content (AvgIpc) is 2.98.